The molecule has 0 saturated carbocycles. The third-order valence-corrected chi connectivity index (χ3v) is 12.4. The van der Waals surface area contributed by atoms with Crippen LogP contribution in [-0.4, -0.2) is 139 Å². The number of ketones is 1. The van der Waals surface area contributed by atoms with Gasteiger partial charge in [-0.05, 0) is 54.4 Å². The third-order valence-electron chi connectivity index (χ3n) is 12.4. The van der Waals surface area contributed by atoms with Crippen molar-refractivity contribution in [2.45, 2.75) is 298 Å². The maximum atomic E-state index is 11.5. The van der Waals surface area contributed by atoms with Gasteiger partial charge in [-0.3, -0.25) is 38.4 Å². The SMILES string of the molecule is CC.CC.CC.CC.CC(=O)O[C@@H]1[C@@H](C)[C@H](C)O[C@@H](C)[C@@H]1OC(C)=O.CC(=O)O[C@@H]1[C@@H](OC(C)=O)[C@H](C)[C@@H](C(C)=O)O[C@H]1C.CC[C@H]1O[C@@H](C)C[C@@H](OC(C)=O)[C@@H]1C.CC[C@H]1O[C@@H](C)[C@H](OC(C)=O)[C@@H](OC(C)=O)[C@@H]1C. The minimum Gasteiger partial charge on any atom is -0.462 e. The van der Waals surface area contributed by atoms with Gasteiger partial charge in [-0.25, -0.2) is 0 Å². The Morgan fingerprint density at radius 3 is 0.961 bits per heavy atom. The lowest BCUT2D eigenvalue weighted by molar-refractivity contribution is -0.220. The van der Waals surface area contributed by atoms with E-state index in [2.05, 4.69) is 13.8 Å². The monoisotopic (exact) mass is 1090 g/mol. The fraction of sp³-hybridized carbons (Fsp3) is 0.860. The first-order valence-electron chi connectivity index (χ1n) is 27.8. The summed E-state index contributed by atoms with van der Waals surface area (Å²) in [5.41, 5.74) is 0. The van der Waals surface area contributed by atoms with E-state index < -0.39 is 72.7 Å². The van der Waals surface area contributed by atoms with Gasteiger partial charge in [0, 0.05) is 78.6 Å². The van der Waals surface area contributed by atoms with Crippen LogP contribution >= 0.6 is 0 Å². The van der Waals surface area contributed by atoms with Gasteiger partial charge in [0.2, 0.25) is 0 Å². The van der Waals surface area contributed by atoms with E-state index in [0.717, 1.165) is 19.3 Å². The first-order chi connectivity index (χ1) is 35.5. The second-order valence-corrected chi connectivity index (χ2v) is 18.4. The highest BCUT2D eigenvalue weighted by Crippen LogP contribution is 2.34. The zero-order chi connectivity index (χ0) is 60.5. The standard InChI is InChI=1S/C13H20O6.C13H22O5.C12H20O5.C11H20O3.4C2H6/c1-6-11(7(2)14)17-8(3)13(19-10(5)16)12(6)18-9(4)15;1-6-11-7(2)12(17-9(4)14)13(8(3)16-11)18-10(5)15;1-6-7(2)15-8(3)12(17-10(5)14)11(6)16-9(4)13;1-5-10-8(3)11(14-9(4)12)6-7(2)13-10;4*1-2/h6,8,11-13H,1-5H3;7-8,11-13H,6H2,1-5H3;6-8,11-12H,1-5H3;7-8,10-11H,5-6H2,1-4H3;4*1-2H3/t6-,8+,11+,12+,13+;7-,8+,11-,12+,13+;6-,7-,8-,11+,12-;7-,8+,10+,11+;;;;/m1100..../s1. The molecule has 19 heteroatoms. The van der Waals surface area contributed by atoms with E-state index >= 15 is 0 Å². The molecule has 4 saturated heterocycles. The molecule has 0 N–H and O–H groups in total. The second kappa shape index (κ2) is 41.8. The molecule has 0 radical (unpaired) electrons. The Labute approximate surface area is 458 Å². The van der Waals surface area contributed by atoms with Crippen molar-refractivity contribution in [3.63, 3.8) is 0 Å². The topological polar surface area (TPSA) is 238 Å². The Morgan fingerprint density at radius 1 is 0.342 bits per heavy atom. The highest BCUT2D eigenvalue weighted by molar-refractivity contribution is 5.81. The van der Waals surface area contributed by atoms with Gasteiger partial charge in [0.25, 0.3) is 0 Å². The number of carbonyl (C=O) groups excluding carboxylic acids is 8. The summed E-state index contributed by atoms with van der Waals surface area (Å²) in [6, 6.07) is 0. The third kappa shape index (κ3) is 28.4. The van der Waals surface area contributed by atoms with Crippen molar-refractivity contribution >= 4 is 47.6 Å². The molecule has 4 aliphatic heterocycles. The van der Waals surface area contributed by atoms with Crippen LogP contribution in [-0.2, 0) is 90.5 Å². The molecule has 0 bridgehead atoms. The van der Waals surface area contributed by atoms with E-state index in [-0.39, 0.29) is 84.2 Å². The summed E-state index contributed by atoms with van der Waals surface area (Å²) in [6.07, 6.45) is -2.05. The van der Waals surface area contributed by atoms with E-state index in [0.29, 0.717) is 5.92 Å². The van der Waals surface area contributed by atoms with Crippen molar-refractivity contribution in [1.82, 2.24) is 0 Å². The second-order valence-electron chi connectivity index (χ2n) is 18.4. The van der Waals surface area contributed by atoms with Crippen LogP contribution in [0, 0.1) is 23.7 Å². The molecule has 4 fully saturated rings. The molecule has 4 rings (SSSR count). The summed E-state index contributed by atoms with van der Waals surface area (Å²) in [5, 5.41) is 0. The summed E-state index contributed by atoms with van der Waals surface area (Å²) in [6.45, 7) is 47.9. The average molecular weight is 1100 g/mol. The fourth-order valence-corrected chi connectivity index (χ4v) is 8.99. The highest BCUT2D eigenvalue weighted by atomic mass is 16.6. The van der Waals surface area contributed by atoms with Gasteiger partial charge in [-0.1, -0.05) is 96.9 Å². The molecule has 0 aromatic carbocycles. The molecular weight excluding hydrogens is 989 g/mol. The Hall–Kier alpha value is -4.20. The number of hydrogen-bond acceptors (Lipinski definition) is 19. The van der Waals surface area contributed by atoms with Gasteiger partial charge >= 0.3 is 41.8 Å². The lowest BCUT2D eigenvalue weighted by Crippen LogP contribution is -2.57. The molecule has 19 atom stereocenters. The molecule has 4 heterocycles. The molecule has 4 aliphatic rings. The number of esters is 7. The predicted octanol–water partition coefficient (Wildman–Crippen LogP) is 10.1. The van der Waals surface area contributed by atoms with Crippen LogP contribution in [0.15, 0.2) is 0 Å². The number of rotatable bonds is 10. The van der Waals surface area contributed by atoms with Gasteiger partial charge in [-0.2, -0.15) is 0 Å². The van der Waals surface area contributed by atoms with Gasteiger partial charge in [0.15, 0.2) is 24.1 Å². The summed E-state index contributed by atoms with van der Waals surface area (Å²) in [7, 11) is 0. The van der Waals surface area contributed by atoms with E-state index in [1.807, 2.05) is 104 Å². The molecular formula is C57H106O19. The molecule has 0 spiro atoms. The van der Waals surface area contributed by atoms with Crippen molar-refractivity contribution in [1.29, 1.82) is 0 Å². The first kappa shape index (κ1) is 78.3. The van der Waals surface area contributed by atoms with E-state index in [9.17, 15) is 38.4 Å². The van der Waals surface area contributed by atoms with Crippen molar-refractivity contribution in [3.05, 3.63) is 0 Å². The summed E-state index contributed by atoms with van der Waals surface area (Å²) >= 11 is 0. The van der Waals surface area contributed by atoms with Crippen LogP contribution in [0.3, 0.4) is 0 Å². The van der Waals surface area contributed by atoms with E-state index in [4.69, 9.17) is 52.1 Å². The number of carbonyl (C=O) groups is 8. The van der Waals surface area contributed by atoms with Crippen molar-refractivity contribution in [3.8, 4) is 0 Å². The van der Waals surface area contributed by atoms with Crippen molar-refractivity contribution in [2.75, 3.05) is 0 Å². The van der Waals surface area contributed by atoms with Gasteiger partial charge in [0.05, 0.1) is 42.7 Å². The maximum Gasteiger partial charge on any atom is 0.303 e. The Morgan fingerprint density at radius 2 is 0.632 bits per heavy atom. The number of Topliss-reactive ketones (excluding diaryl/α,β-unsaturated/α-hetero) is 1. The van der Waals surface area contributed by atoms with Gasteiger partial charge < -0.3 is 52.1 Å². The molecule has 0 amide bonds. The molecule has 19 nitrogen and oxygen atoms in total. The zero-order valence-corrected chi connectivity index (χ0v) is 51.8. The van der Waals surface area contributed by atoms with Gasteiger partial charge in [0.1, 0.15) is 30.5 Å². The van der Waals surface area contributed by atoms with Crippen LogP contribution in [0.5, 0.6) is 0 Å². The van der Waals surface area contributed by atoms with Crippen LogP contribution in [0.4, 0.5) is 0 Å². The quantitative estimate of drug-likeness (QED) is 0.146. The van der Waals surface area contributed by atoms with Crippen molar-refractivity contribution in [2.24, 2.45) is 23.7 Å². The summed E-state index contributed by atoms with van der Waals surface area (Å²) in [4.78, 5) is 89.2. The zero-order valence-electron chi connectivity index (χ0n) is 51.8. The smallest absolute Gasteiger partial charge is 0.303 e. The minimum absolute atomic E-state index is 0.000509. The normalized spacial score (nSPS) is 32.8. The molecule has 0 aromatic rings. The summed E-state index contributed by atoms with van der Waals surface area (Å²) in [5.74, 6) is -2.91. The summed E-state index contributed by atoms with van der Waals surface area (Å²) < 4.78 is 59.5. The molecule has 448 valence electrons. The lowest BCUT2D eigenvalue weighted by atomic mass is 9.86. The maximum absolute atomic E-state index is 11.5. The number of hydrogen-bond donors (Lipinski definition) is 0. The Balaban J connectivity index is -0.000000436. The molecule has 0 aliphatic carbocycles. The van der Waals surface area contributed by atoms with E-state index in [1.54, 1.807) is 13.8 Å². The number of ether oxygens (including phenoxy) is 11. The highest BCUT2D eigenvalue weighted by Gasteiger charge is 2.48. The molecule has 76 heavy (non-hydrogen) atoms. The first-order valence-corrected chi connectivity index (χ1v) is 27.8. The largest absolute Gasteiger partial charge is 0.462 e. The predicted molar refractivity (Wildman–Crippen MR) is 290 cm³/mol. The van der Waals surface area contributed by atoms with E-state index in [1.165, 1.54) is 55.4 Å². The average Bonchev–Trinajstić information content (AvgIpc) is 3.34. The fourth-order valence-electron chi connectivity index (χ4n) is 8.99. The molecule has 0 aromatic heterocycles. The van der Waals surface area contributed by atoms with Crippen LogP contribution in [0.25, 0.3) is 0 Å². The lowest BCUT2D eigenvalue weighted by Gasteiger charge is -2.43. The van der Waals surface area contributed by atoms with Crippen LogP contribution in [0.1, 0.15) is 206 Å². The Bertz CT molecular complexity index is 1670. The van der Waals surface area contributed by atoms with Crippen molar-refractivity contribution < 1.29 is 90.5 Å². The minimum atomic E-state index is -0.702. The Kier molecular flexibility index (Phi) is 43.1. The van der Waals surface area contributed by atoms with Crippen LogP contribution < -0.4 is 0 Å². The van der Waals surface area contributed by atoms with Crippen LogP contribution in [0.2, 0.25) is 0 Å². The van der Waals surface area contributed by atoms with Gasteiger partial charge in [-0.15, -0.1) is 0 Å². The molecule has 0 unspecified atom stereocenters.